The summed E-state index contributed by atoms with van der Waals surface area (Å²) in [5.74, 6) is 0. The first-order chi connectivity index (χ1) is 4.80. The molecule has 1 aliphatic rings. The Balaban J connectivity index is 2.28. The molecule has 1 fully saturated rings. The SMILES string of the molecule is FC1CCCCCCC1Br. The van der Waals surface area contributed by atoms with Crippen molar-refractivity contribution in [2.24, 2.45) is 0 Å². The highest BCUT2D eigenvalue weighted by molar-refractivity contribution is 9.09. The smallest absolute Gasteiger partial charge is 0.113 e. The Morgan fingerprint density at radius 2 is 1.60 bits per heavy atom. The lowest BCUT2D eigenvalue weighted by molar-refractivity contribution is 0.278. The molecule has 0 radical (unpaired) electrons. The van der Waals surface area contributed by atoms with E-state index < -0.39 is 6.17 Å². The molecule has 0 aromatic rings. The van der Waals surface area contributed by atoms with E-state index in [2.05, 4.69) is 15.9 Å². The van der Waals surface area contributed by atoms with Crippen LogP contribution in [0.15, 0.2) is 0 Å². The molecule has 1 saturated carbocycles. The van der Waals surface area contributed by atoms with Gasteiger partial charge in [-0.25, -0.2) is 4.39 Å². The molecule has 0 aromatic carbocycles. The largest absolute Gasteiger partial charge is 0.246 e. The van der Waals surface area contributed by atoms with Crippen LogP contribution in [-0.2, 0) is 0 Å². The van der Waals surface area contributed by atoms with E-state index >= 15 is 0 Å². The van der Waals surface area contributed by atoms with E-state index in [0.717, 1.165) is 19.3 Å². The van der Waals surface area contributed by atoms with Crippen molar-refractivity contribution < 1.29 is 4.39 Å². The van der Waals surface area contributed by atoms with Crippen molar-refractivity contribution in [1.82, 2.24) is 0 Å². The molecular weight excluding hydrogens is 195 g/mol. The quantitative estimate of drug-likeness (QED) is 0.536. The summed E-state index contributed by atoms with van der Waals surface area (Å²) in [5.41, 5.74) is 0. The van der Waals surface area contributed by atoms with Crippen molar-refractivity contribution in [3.05, 3.63) is 0 Å². The van der Waals surface area contributed by atoms with Gasteiger partial charge >= 0.3 is 0 Å². The van der Waals surface area contributed by atoms with Crippen LogP contribution in [0.1, 0.15) is 38.5 Å². The minimum atomic E-state index is -0.597. The maximum Gasteiger partial charge on any atom is 0.113 e. The summed E-state index contributed by atoms with van der Waals surface area (Å²) in [6, 6.07) is 0. The highest BCUT2D eigenvalue weighted by Gasteiger charge is 2.18. The van der Waals surface area contributed by atoms with Gasteiger partial charge in [0.05, 0.1) is 0 Å². The highest BCUT2D eigenvalue weighted by Crippen LogP contribution is 2.24. The third-order valence-electron chi connectivity index (χ3n) is 2.10. The van der Waals surface area contributed by atoms with E-state index in [1.807, 2.05) is 0 Å². The lowest BCUT2D eigenvalue weighted by atomic mass is 10.00. The first-order valence-electron chi connectivity index (χ1n) is 4.09. The summed E-state index contributed by atoms with van der Waals surface area (Å²) in [5, 5.41) is 0. The predicted molar refractivity (Wildman–Crippen MR) is 45.3 cm³/mol. The molecule has 0 N–H and O–H groups in total. The molecule has 0 bridgehead atoms. The van der Waals surface area contributed by atoms with Crippen molar-refractivity contribution in [3.63, 3.8) is 0 Å². The van der Waals surface area contributed by atoms with E-state index in [0.29, 0.717) is 0 Å². The maximum atomic E-state index is 13.0. The third kappa shape index (κ3) is 2.57. The van der Waals surface area contributed by atoms with Crippen molar-refractivity contribution in [3.8, 4) is 0 Å². The molecule has 2 heteroatoms. The first-order valence-corrected chi connectivity index (χ1v) is 5.00. The van der Waals surface area contributed by atoms with Crippen molar-refractivity contribution in [2.75, 3.05) is 0 Å². The molecule has 2 unspecified atom stereocenters. The zero-order valence-corrected chi connectivity index (χ0v) is 7.74. The number of hydrogen-bond donors (Lipinski definition) is 0. The van der Waals surface area contributed by atoms with Crippen LogP contribution in [0.4, 0.5) is 4.39 Å². The zero-order valence-electron chi connectivity index (χ0n) is 6.15. The third-order valence-corrected chi connectivity index (χ3v) is 3.13. The molecule has 0 aliphatic heterocycles. The normalized spacial score (nSPS) is 36.6. The fourth-order valence-electron chi connectivity index (χ4n) is 1.39. The molecule has 0 heterocycles. The van der Waals surface area contributed by atoms with E-state index in [1.165, 1.54) is 19.3 Å². The monoisotopic (exact) mass is 208 g/mol. The van der Waals surface area contributed by atoms with E-state index in [9.17, 15) is 4.39 Å². The van der Waals surface area contributed by atoms with Gasteiger partial charge in [0.25, 0.3) is 0 Å². The van der Waals surface area contributed by atoms with Crippen LogP contribution >= 0.6 is 15.9 Å². The molecule has 0 saturated heterocycles. The first kappa shape index (κ1) is 8.51. The van der Waals surface area contributed by atoms with Crippen molar-refractivity contribution >= 4 is 15.9 Å². The standard InChI is InChI=1S/C8H14BrF/c9-7-5-3-1-2-4-6-8(7)10/h7-8H,1-6H2. The second-order valence-electron chi connectivity index (χ2n) is 3.02. The number of halogens is 2. The molecule has 2 atom stereocenters. The summed E-state index contributed by atoms with van der Waals surface area (Å²) in [4.78, 5) is 0.132. The van der Waals surface area contributed by atoms with Crippen LogP contribution in [0.2, 0.25) is 0 Å². The Labute approximate surface area is 70.3 Å². The van der Waals surface area contributed by atoms with Gasteiger partial charge in [0.2, 0.25) is 0 Å². The fraction of sp³-hybridized carbons (Fsp3) is 1.00. The van der Waals surface area contributed by atoms with Gasteiger partial charge in [-0.15, -0.1) is 0 Å². The van der Waals surface area contributed by atoms with Gasteiger partial charge in [0, 0.05) is 4.83 Å². The van der Waals surface area contributed by atoms with Gasteiger partial charge in [-0.1, -0.05) is 41.6 Å². The van der Waals surface area contributed by atoms with Gasteiger partial charge in [-0.2, -0.15) is 0 Å². The second-order valence-corrected chi connectivity index (χ2v) is 4.20. The molecule has 1 aliphatic carbocycles. The van der Waals surface area contributed by atoms with Gasteiger partial charge < -0.3 is 0 Å². The Bertz CT molecular complexity index is 83.3. The van der Waals surface area contributed by atoms with Gasteiger partial charge in [-0.3, -0.25) is 0 Å². The lowest BCUT2D eigenvalue weighted by Crippen LogP contribution is -2.16. The Morgan fingerprint density at radius 3 is 2.30 bits per heavy atom. The van der Waals surface area contributed by atoms with E-state index in [1.54, 1.807) is 0 Å². The number of rotatable bonds is 0. The molecule has 0 amide bonds. The molecule has 10 heavy (non-hydrogen) atoms. The minimum Gasteiger partial charge on any atom is -0.246 e. The average Bonchev–Trinajstić information content (AvgIpc) is 1.92. The molecular formula is C8H14BrF. The molecule has 1 rings (SSSR count). The van der Waals surface area contributed by atoms with Gasteiger partial charge in [0.1, 0.15) is 6.17 Å². The Morgan fingerprint density at radius 1 is 1.00 bits per heavy atom. The highest BCUT2D eigenvalue weighted by atomic mass is 79.9. The van der Waals surface area contributed by atoms with Crippen LogP contribution in [0, 0.1) is 0 Å². The summed E-state index contributed by atoms with van der Waals surface area (Å²) in [6.45, 7) is 0. The van der Waals surface area contributed by atoms with Crippen LogP contribution in [0.25, 0.3) is 0 Å². The summed E-state index contributed by atoms with van der Waals surface area (Å²) in [6.07, 6.45) is 5.95. The van der Waals surface area contributed by atoms with Gasteiger partial charge in [-0.05, 0) is 12.8 Å². The molecule has 0 aromatic heterocycles. The average molecular weight is 209 g/mol. The predicted octanol–water partition coefficient (Wildman–Crippen LogP) is 3.44. The van der Waals surface area contributed by atoms with E-state index in [-0.39, 0.29) is 4.83 Å². The summed E-state index contributed by atoms with van der Waals surface area (Å²) < 4.78 is 13.0. The zero-order chi connectivity index (χ0) is 7.40. The van der Waals surface area contributed by atoms with Crippen LogP contribution in [0.5, 0.6) is 0 Å². The lowest BCUT2D eigenvalue weighted by Gasteiger charge is -2.17. The Hall–Kier alpha value is 0.410. The van der Waals surface area contributed by atoms with E-state index in [4.69, 9.17) is 0 Å². The van der Waals surface area contributed by atoms with Crippen LogP contribution < -0.4 is 0 Å². The van der Waals surface area contributed by atoms with Crippen LogP contribution in [0.3, 0.4) is 0 Å². The second kappa shape index (κ2) is 4.32. The molecule has 0 nitrogen and oxygen atoms in total. The summed E-state index contributed by atoms with van der Waals surface area (Å²) >= 11 is 3.36. The Kier molecular flexibility index (Phi) is 3.68. The molecule has 0 spiro atoms. The molecule has 60 valence electrons. The van der Waals surface area contributed by atoms with Gasteiger partial charge in [0.15, 0.2) is 0 Å². The minimum absolute atomic E-state index is 0.132. The topological polar surface area (TPSA) is 0 Å². The number of alkyl halides is 2. The maximum absolute atomic E-state index is 13.0. The number of hydrogen-bond acceptors (Lipinski definition) is 0. The van der Waals surface area contributed by atoms with Crippen molar-refractivity contribution in [1.29, 1.82) is 0 Å². The van der Waals surface area contributed by atoms with Crippen molar-refractivity contribution in [2.45, 2.75) is 49.5 Å². The van der Waals surface area contributed by atoms with Crippen LogP contribution in [-0.4, -0.2) is 11.0 Å². The summed E-state index contributed by atoms with van der Waals surface area (Å²) in [7, 11) is 0. The fourth-order valence-corrected chi connectivity index (χ4v) is 1.98.